The molecule has 3 rings (SSSR count). The molecular formula is C17H17BrO3. The van der Waals surface area contributed by atoms with E-state index in [0.717, 1.165) is 27.8 Å². The summed E-state index contributed by atoms with van der Waals surface area (Å²) in [6.45, 7) is 1.91. The molecule has 0 radical (unpaired) electrons. The van der Waals surface area contributed by atoms with Gasteiger partial charge in [-0.25, -0.2) is 0 Å². The van der Waals surface area contributed by atoms with E-state index >= 15 is 0 Å². The van der Waals surface area contributed by atoms with Crippen molar-refractivity contribution in [2.75, 3.05) is 13.2 Å². The average molecular weight is 349 g/mol. The zero-order valence-electron chi connectivity index (χ0n) is 11.6. The van der Waals surface area contributed by atoms with Crippen LogP contribution in [0.4, 0.5) is 0 Å². The lowest BCUT2D eigenvalue weighted by molar-refractivity contribution is -0.0401. The lowest BCUT2D eigenvalue weighted by atomic mass is 10.1. The van der Waals surface area contributed by atoms with Crippen molar-refractivity contribution in [1.29, 1.82) is 0 Å². The van der Waals surface area contributed by atoms with E-state index in [9.17, 15) is 0 Å². The van der Waals surface area contributed by atoms with Crippen LogP contribution in [0.15, 0.2) is 53.0 Å². The molecule has 1 saturated heterocycles. The molecule has 0 N–H and O–H groups in total. The standard InChI is InChI=1S/C17H17BrO3/c18-16-7-6-15(21-12-13-4-2-1-3-5-13)10-14(16)11-17-19-8-9-20-17/h1-7,10,17H,8-9,11-12H2. The van der Waals surface area contributed by atoms with Crippen molar-refractivity contribution in [2.24, 2.45) is 0 Å². The summed E-state index contributed by atoms with van der Waals surface area (Å²) < 4.78 is 17.9. The lowest BCUT2D eigenvalue weighted by Crippen LogP contribution is -2.11. The summed E-state index contributed by atoms with van der Waals surface area (Å²) in [5.74, 6) is 0.857. The number of benzene rings is 2. The molecule has 0 bridgehead atoms. The predicted octanol–water partition coefficient (Wildman–Crippen LogP) is 3.94. The van der Waals surface area contributed by atoms with Gasteiger partial charge in [-0.2, -0.15) is 0 Å². The molecule has 1 fully saturated rings. The van der Waals surface area contributed by atoms with Gasteiger partial charge in [0.1, 0.15) is 12.4 Å². The van der Waals surface area contributed by atoms with Crippen molar-refractivity contribution in [2.45, 2.75) is 19.3 Å². The minimum atomic E-state index is -0.148. The van der Waals surface area contributed by atoms with Crippen molar-refractivity contribution in [3.63, 3.8) is 0 Å². The summed E-state index contributed by atoms with van der Waals surface area (Å²) in [7, 11) is 0. The smallest absolute Gasteiger partial charge is 0.161 e. The third kappa shape index (κ3) is 4.06. The molecular weight excluding hydrogens is 332 g/mol. The van der Waals surface area contributed by atoms with Crippen molar-refractivity contribution in [3.05, 3.63) is 64.1 Å². The normalized spacial score (nSPS) is 15.3. The van der Waals surface area contributed by atoms with Crippen LogP contribution in [0.3, 0.4) is 0 Å². The Labute approximate surface area is 133 Å². The molecule has 1 heterocycles. The highest BCUT2D eigenvalue weighted by molar-refractivity contribution is 9.10. The van der Waals surface area contributed by atoms with Crippen LogP contribution < -0.4 is 4.74 Å². The van der Waals surface area contributed by atoms with Gasteiger partial charge < -0.3 is 14.2 Å². The molecule has 0 unspecified atom stereocenters. The Morgan fingerprint density at radius 2 is 1.81 bits per heavy atom. The highest BCUT2D eigenvalue weighted by atomic mass is 79.9. The van der Waals surface area contributed by atoms with E-state index in [0.29, 0.717) is 19.8 Å². The molecule has 0 aliphatic carbocycles. The summed E-state index contributed by atoms with van der Waals surface area (Å²) in [6.07, 6.45) is 0.578. The second-order valence-electron chi connectivity index (χ2n) is 4.90. The van der Waals surface area contributed by atoms with Gasteiger partial charge in [-0.15, -0.1) is 0 Å². The van der Waals surface area contributed by atoms with Gasteiger partial charge in [0, 0.05) is 10.9 Å². The first-order valence-corrected chi connectivity index (χ1v) is 7.79. The first-order valence-electron chi connectivity index (χ1n) is 6.99. The Hall–Kier alpha value is -1.36. The van der Waals surface area contributed by atoms with Crippen LogP contribution in [0, 0.1) is 0 Å². The zero-order valence-corrected chi connectivity index (χ0v) is 13.2. The lowest BCUT2D eigenvalue weighted by Gasteiger charge is -2.13. The fourth-order valence-corrected chi connectivity index (χ4v) is 2.65. The molecule has 2 aromatic carbocycles. The largest absolute Gasteiger partial charge is 0.489 e. The van der Waals surface area contributed by atoms with E-state index in [1.807, 2.05) is 36.4 Å². The van der Waals surface area contributed by atoms with Crippen LogP contribution in [0.2, 0.25) is 0 Å². The summed E-state index contributed by atoms with van der Waals surface area (Å²) in [6, 6.07) is 16.2. The maximum Gasteiger partial charge on any atom is 0.161 e. The third-order valence-electron chi connectivity index (χ3n) is 3.34. The molecule has 1 aliphatic heterocycles. The third-order valence-corrected chi connectivity index (χ3v) is 4.12. The molecule has 4 heteroatoms. The van der Waals surface area contributed by atoms with Crippen LogP contribution in [0.1, 0.15) is 11.1 Å². The van der Waals surface area contributed by atoms with E-state index in [2.05, 4.69) is 28.1 Å². The number of ether oxygens (including phenoxy) is 3. The minimum Gasteiger partial charge on any atom is -0.489 e. The van der Waals surface area contributed by atoms with Crippen LogP contribution in [0.5, 0.6) is 5.75 Å². The predicted molar refractivity (Wildman–Crippen MR) is 84.3 cm³/mol. The summed E-state index contributed by atoms with van der Waals surface area (Å²) in [5.41, 5.74) is 2.29. The van der Waals surface area contributed by atoms with Crippen molar-refractivity contribution >= 4 is 15.9 Å². The second kappa shape index (κ2) is 7.07. The van der Waals surface area contributed by atoms with Crippen LogP contribution in [0.25, 0.3) is 0 Å². The Balaban J connectivity index is 1.65. The molecule has 3 nitrogen and oxygen atoms in total. The van der Waals surface area contributed by atoms with Gasteiger partial charge in [-0.1, -0.05) is 46.3 Å². The van der Waals surface area contributed by atoms with Gasteiger partial charge >= 0.3 is 0 Å². The Bertz CT molecular complexity index is 580. The van der Waals surface area contributed by atoms with E-state index in [1.165, 1.54) is 0 Å². The van der Waals surface area contributed by atoms with Crippen molar-refractivity contribution in [3.8, 4) is 5.75 Å². The second-order valence-corrected chi connectivity index (χ2v) is 5.76. The summed E-state index contributed by atoms with van der Waals surface area (Å²) in [5, 5.41) is 0. The van der Waals surface area contributed by atoms with E-state index in [1.54, 1.807) is 0 Å². The summed E-state index contributed by atoms with van der Waals surface area (Å²) >= 11 is 3.57. The van der Waals surface area contributed by atoms with Crippen molar-refractivity contribution < 1.29 is 14.2 Å². The number of hydrogen-bond donors (Lipinski definition) is 0. The van der Waals surface area contributed by atoms with Crippen LogP contribution >= 0.6 is 15.9 Å². The van der Waals surface area contributed by atoms with Crippen LogP contribution in [-0.2, 0) is 22.5 Å². The zero-order chi connectivity index (χ0) is 14.5. The topological polar surface area (TPSA) is 27.7 Å². The maximum absolute atomic E-state index is 5.85. The van der Waals surface area contributed by atoms with Crippen molar-refractivity contribution in [1.82, 2.24) is 0 Å². The average Bonchev–Trinajstić information content (AvgIpc) is 3.02. The van der Waals surface area contributed by atoms with Gasteiger partial charge in [-0.05, 0) is 29.3 Å². The van der Waals surface area contributed by atoms with Crippen LogP contribution in [-0.4, -0.2) is 19.5 Å². The molecule has 0 atom stereocenters. The Morgan fingerprint density at radius 3 is 2.57 bits per heavy atom. The Morgan fingerprint density at radius 1 is 1.05 bits per heavy atom. The van der Waals surface area contributed by atoms with E-state index < -0.39 is 0 Å². The number of halogens is 1. The summed E-state index contributed by atoms with van der Waals surface area (Å²) in [4.78, 5) is 0. The fraction of sp³-hybridized carbons (Fsp3) is 0.294. The van der Waals surface area contributed by atoms with Gasteiger partial charge in [0.25, 0.3) is 0 Å². The molecule has 0 spiro atoms. The van der Waals surface area contributed by atoms with E-state index in [-0.39, 0.29) is 6.29 Å². The van der Waals surface area contributed by atoms with Gasteiger partial charge in [0.2, 0.25) is 0 Å². The minimum absolute atomic E-state index is 0.148. The molecule has 0 saturated carbocycles. The number of hydrogen-bond acceptors (Lipinski definition) is 3. The molecule has 110 valence electrons. The molecule has 21 heavy (non-hydrogen) atoms. The SMILES string of the molecule is Brc1ccc(OCc2ccccc2)cc1CC1OCCO1. The monoisotopic (exact) mass is 348 g/mol. The van der Waals surface area contributed by atoms with E-state index in [4.69, 9.17) is 14.2 Å². The molecule has 0 aromatic heterocycles. The highest BCUT2D eigenvalue weighted by Gasteiger charge is 2.18. The quantitative estimate of drug-likeness (QED) is 0.818. The molecule has 0 amide bonds. The van der Waals surface area contributed by atoms with Gasteiger partial charge in [-0.3, -0.25) is 0 Å². The molecule has 1 aliphatic rings. The molecule has 2 aromatic rings. The Kier molecular flexibility index (Phi) is 4.91. The first kappa shape index (κ1) is 14.6. The highest BCUT2D eigenvalue weighted by Crippen LogP contribution is 2.26. The maximum atomic E-state index is 5.85. The van der Waals surface area contributed by atoms with Gasteiger partial charge in [0.05, 0.1) is 13.2 Å². The number of rotatable bonds is 5. The van der Waals surface area contributed by atoms with Gasteiger partial charge in [0.15, 0.2) is 6.29 Å². The fourth-order valence-electron chi connectivity index (χ4n) is 2.24. The first-order chi connectivity index (χ1) is 10.3.